The Morgan fingerprint density at radius 3 is 2.15 bits per heavy atom. The van der Waals surface area contributed by atoms with E-state index in [1.165, 1.54) is 29.7 Å². The van der Waals surface area contributed by atoms with Gasteiger partial charge in [0.05, 0.1) is 17.9 Å². The van der Waals surface area contributed by atoms with Gasteiger partial charge in [-0.15, -0.1) is 0 Å². The van der Waals surface area contributed by atoms with E-state index in [1.54, 1.807) is 0 Å². The molecule has 2 atom stereocenters. The van der Waals surface area contributed by atoms with E-state index in [9.17, 15) is 0 Å². The van der Waals surface area contributed by atoms with Crippen LogP contribution in [0.15, 0.2) is 18.3 Å². The van der Waals surface area contributed by atoms with E-state index in [-0.39, 0.29) is 24.0 Å². The molecule has 1 fully saturated rings. The Morgan fingerprint density at radius 1 is 0.971 bits per heavy atom. The Labute approximate surface area is 207 Å². The Hall–Kier alpha value is -1.92. The predicted molar refractivity (Wildman–Crippen MR) is 140 cm³/mol. The van der Waals surface area contributed by atoms with Crippen molar-refractivity contribution in [3.63, 3.8) is 0 Å². The molecule has 6 heteroatoms. The van der Waals surface area contributed by atoms with Crippen LogP contribution in [-0.4, -0.2) is 54.3 Å². The van der Waals surface area contributed by atoms with Gasteiger partial charge < -0.3 is 14.4 Å². The predicted octanol–water partition coefficient (Wildman–Crippen LogP) is 6.05. The summed E-state index contributed by atoms with van der Waals surface area (Å²) >= 11 is 0. The third kappa shape index (κ3) is 5.33. The normalized spacial score (nSPS) is 22.3. The summed E-state index contributed by atoms with van der Waals surface area (Å²) in [4.78, 5) is 7.38. The minimum atomic E-state index is 0.0417. The first-order valence-corrected chi connectivity index (χ1v) is 13.3. The number of methoxy groups -OCH3 is 2. The maximum Gasteiger partial charge on any atom is 0.128 e. The minimum Gasteiger partial charge on any atom is -0.380 e. The summed E-state index contributed by atoms with van der Waals surface area (Å²) in [7, 11) is 3.65. The highest BCUT2D eigenvalue weighted by Gasteiger charge is 2.54. The standard InChI is InChI=1S/C28H46N4O2/c1-9-12-16-31(11-3)23-15-14-21(20(6)29-23)24-27(33-7)25(28(24)34-8)22-18-32(17-13-10-2)30-26(22)19(4)5/h14-15,18-19,24-25,27-28H,9-13,16-17H2,1-8H3. The average Bonchev–Trinajstić information content (AvgIpc) is 3.23. The maximum atomic E-state index is 6.13. The summed E-state index contributed by atoms with van der Waals surface area (Å²) in [5.41, 5.74) is 4.75. The number of aromatic nitrogens is 3. The molecule has 0 radical (unpaired) electrons. The van der Waals surface area contributed by atoms with Gasteiger partial charge >= 0.3 is 0 Å². The molecule has 6 nitrogen and oxygen atoms in total. The molecule has 0 spiro atoms. The van der Waals surface area contributed by atoms with Crippen molar-refractivity contribution in [1.29, 1.82) is 0 Å². The molecular weight excluding hydrogens is 424 g/mol. The third-order valence-corrected chi connectivity index (χ3v) is 7.39. The number of aryl methyl sites for hydroxylation is 2. The largest absolute Gasteiger partial charge is 0.380 e. The van der Waals surface area contributed by atoms with Crippen LogP contribution in [0.2, 0.25) is 0 Å². The van der Waals surface area contributed by atoms with E-state index < -0.39 is 0 Å². The van der Waals surface area contributed by atoms with E-state index in [2.05, 4.69) is 69.5 Å². The molecule has 2 unspecified atom stereocenters. The van der Waals surface area contributed by atoms with Gasteiger partial charge in [0, 0.05) is 63.1 Å². The van der Waals surface area contributed by atoms with Crippen molar-refractivity contribution < 1.29 is 9.47 Å². The van der Waals surface area contributed by atoms with Crippen molar-refractivity contribution in [2.75, 3.05) is 32.2 Å². The first-order valence-electron chi connectivity index (χ1n) is 13.3. The lowest BCUT2D eigenvalue weighted by atomic mass is 9.62. The van der Waals surface area contributed by atoms with Gasteiger partial charge in [-0.05, 0) is 44.2 Å². The number of unbranched alkanes of at least 4 members (excludes halogenated alkanes) is 2. The molecule has 0 aromatic carbocycles. The maximum absolute atomic E-state index is 6.13. The SMILES string of the molecule is CCCCN(CC)c1ccc(C2C(OC)C(c3cn(CCCC)nc3C(C)C)C2OC)c(C)n1. The summed E-state index contributed by atoms with van der Waals surface area (Å²) in [6.07, 6.45) is 7.00. The zero-order valence-electron chi connectivity index (χ0n) is 22.7. The fraction of sp³-hybridized carbons (Fsp3) is 0.714. The topological polar surface area (TPSA) is 52.4 Å². The summed E-state index contributed by atoms with van der Waals surface area (Å²) < 4.78 is 14.4. The first-order chi connectivity index (χ1) is 16.4. The smallest absolute Gasteiger partial charge is 0.128 e. The highest BCUT2D eigenvalue weighted by molar-refractivity contribution is 5.46. The molecule has 1 aliphatic rings. The zero-order chi connectivity index (χ0) is 24.8. The van der Waals surface area contributed by atoms with Gasteiger partial charge in [-0.2, -0.15) is 5.10 Å². The van der Waals surface area contributed by atoms with Crippen LogP contribution in [0.5, 0.6) is 0 Å². The lowest BCUT2D eigenvalue weighted by Crippen LogP contribution is -2.54. The van der Waals surface area contributed by atoms with E-state index in [0.29, 0.717) is 5.92 Å². The van der Waals surface area contributed by atoms with Crippen LogP contribution in [0.25, 0.3) is 0 Å². The zero-order valence-corrected chi connectivity index (χ0v) is 22.7. The quantitative estimate of drug-likeness (QED) is 0.357. The van der Waals surface area contributed by atoms with Crippen LogP contribution in [0.3, 0.4) is 0 Å². The number of ether oxygens (including phenoxy) is 2. The average molecular weight is 471 g/mol. The van der Waals surface area contributed by atoms with Crippen molar-refractivity contribution in [3.8, 4) is 0 Å². The van der Waals surface area contributed by atoms with Crippen molar-refractivity contribution in [3.05, 3.63) is 40.8 Å². The van der Waals surface area contributed by atoms with Crippen LogP contribution >= 0.6 is 0 Å². The third-order valence-electron chi connectivity index (χ3n) is 7.39. The van der Waals surface area contributed by atoms with Crippen LogP contribution in [0, 0.1) is 6.92 Å². The molecule has 0 aliphatic heterocycles. The van der Waals surface area contributed by atoms with E-state index in [1.807, 2.05) is 14.2 Å². The second-order valence-corrected chi connectivity index (χ2v) is 9.97. The van der Waals surface area contributed by atoms with Gasteiger partial charge in [0.1, 0.15) is 5.82 Å². The Kier molecular flexibility index (Phi) is 9.55. The van der Waals surface area contributed by atoms with Crippen molar-refractivity contribution in [1.82, 2.24) is 14.8 Å². The minimum absolute atomic E-state index is 0.0417. The van der Waals surface area contributed by atoms with Crippen LogP contribution in [-0.2, 0) is 16.0 Å². The molecule has 2 heterocycles. The van der Waals surface area contributed by atoms with Gasteiger partial charge in [-0.25, -0.2) is 4.98 Å². The molecule has 0 bridgehead atoms. The summed E-state index contributed by atoms with van der Waals surface area (Å²) in [6, 6.07) is 4.43. The van der Waals surface area contributed by atoms with E-state index >= 15 is 0 Å². The number of pyridine rings is 1. The number of anilines is 1. The molecule has 1 aliphatic carbocycles. The molecule has 0 saturated heterocycles. The summed E-state index contributed by atoms with van der Waals surface area (Å²) in [5, 5.41) is 4.96. The number of rotatable bonds is 13. The molecule has 1 saturated carbocycles. The fourth-order valence-corrected chi connectivity index (χ4v) is 5.43. The van der Waals surface area contributed by atoms with Crippen molar-refractivity contribution in [2.45, 2.75) is 104 Å². The fourth-order valence-electron chi connectivity index (χ4n) is 5.43. The Bertz CT molecular complexity index is 898. The van der Waals surface area contributed by atoms with Gasteiger partial charge in [-0.1, -0.05) is 46.6 Å². The molecular formula is C28H46N4O2. The Balaban J connectivity index is 1.91. The van der Waals surface area contributed by atoms with Crippen molar-refractivity contribution in [2.24, 2.45) is 0 Å². The molecule has 190 valence electrons. The van der Waals surface area contributed by atoms with E-state index in [0.717, 1.165) is 44.0 Å². The Morgan fingerprint density at radius 2 is 1.62 bits per heavy atom. The second kappa shape index (κ2) is 12.2. The number of hydrogen-bond donors (Lipinski definition) is 0. The monoisotopic (exact) mass is 470 g/mol. The number of nitrogens with zero attached hydrogens (tertiary/aromatic N) is 4. The van der Waals surface area contributed by atoms with Gasteiger partial charge in [0.2, 0.25) is 0 Å². The van der Waals surface area contributed by atoms with Gasteiger partial charge in [0.25, 0.3) is 0 Å². The highest BCUT2D eigenvalue weighted by Crippen LogP contribution is 2.53. The lowest BCUT2D eigenvalue weighted by molar-refractivity contribution is -0.116. The lowest BCUT2D eigenvalue weighted by Gasteiger charge is -2.51. The highest BCUT2D eigenvalue weighted by atomic mass is 16.5. The van der Waals surface area contributed by atoms with Gasteiger partial charge in [0.15, 0.2) is 0 Å². The second-order valence-electron chi connectivity index (χ2n) is 9.97. The molecule has 34 heavy (non-hydrogen) atoms. The summed E-state index contributed by atoms with van der Waals surface area (Å²) in [5.74, 6) is 1.75. The van der Waals surface area contributed by atoms with Crippen molar-refractivity contribution >= 4 is 5.82 Å². The number of hydrogen-bond acceptors (Lipinski definition) is 5. The van der Waals surface area contributed by atoms with Crippen LogP contribution in [0.1, 0.15) is 101 Å². The molecule has 3 rings (SSSR count). The van der Waals surface area contributed by atoms with Gasteiger partial charge in [-0.3, -0.25) is 4.68 Å². The van der Waals surface area contributed by atoms with Crippen LogP contribution < -0.4 is 4.90 Å². The van der Waals surface area contributed by atoms with E-state index in [4.69, 9.17) is 19.6 Å². The summed E-state index contributed by atoms with van der Waals surface area (Å²) in [6.45, 7) is 16.2. The molecule has 2 aromatic heterocycles. The van der Waals surface area contributed by atoms with Crippen LogP contribution in [0.4, 0.5) is 5.82 Å². The molecule has 0 N–H and O–H groups in total. The first kappa shape index (κ1) is 26.7. The molecule has 0 amide bonds. The molecule has 2 aromatic rings.